The predicted molar refractivity (Wildman–Crippen MR) is 77.4 cm³/mol. The van der Waals surface area contributed by atoms with E-state index in [4.69, 9.17) is 0 Å². The normalized spacial score (nSPS) is 12.7. The fourth-order valence-electron chi connectivity index (χ4n) is 1.70. The van der Waals surface area contributed by atoms with E-state index in [2.05, 4.69) is 46.1 Å². The van der Waals surface area contributed by atoms with Crippen molar-refractivity contribution in [3.05, 3.63) is 44.9 Å². The van der Waals surface area contributed by atoms with Crippen molar-refractivity contribution >= 4 is 33.1 Å². The molecule has 2 aromatic heterocycles. The molecular formula is C13H14BrFN2S. The Morgan fingerprint density at radius 3 is 2.78 bits per heavy atom. The van der Waals surface area contributed by atoms with Crippen molar-refractivity contribution in [1.29, 1.82) is 0 Å². The summed E-state index contributed by atoms with van der Waals surface area (Å²) in [6.07, 6.45) is 1.59. The van der Waals surface area contributed by atoms with E-state index in [9.17, 15) is 4.39 Å². The van der Waals surface area contributed by atoms with Crippen LogP contribution in [0.5, 0.6) is 0 Å². The van der Waals surface area contributed by atoms with Gasteiger partial charge in [0.25, 0.3) is 0 Å². The quantitative estimate of drug-likeness (QED) is 0.867. The summed E-state index contributed by atoms with van der Waals surface area (Å²) in [7, 11) is 0. The van der Waals surface area contributed by atoms with Gasteiger partial charge in [-0.05, 0) is 39.4 Å². The van der Waals surface area contributed by atoms with E-state index in [0.717, 1.165) is 0 Å². The molecule has 0 saturated carbocycles. The van der Waals surface area contributed by atoms with E-state index >= 15 is 0 Å². The van der Waals surface area contributed by atoms with E-state index in [0.29, 0.717) is 16.2 Å². The Morgan fingerprint density at radius 1 is 1.44 bits per heavy atom. The van der Waals surface area contributed by atoms with Gasteiger partial charge in [0, 0.05) is 15.5 Å². The third-order valence-corrected chi connectivity index (χ3v) is 4.01. The highest BCUT2D eigenvalue weighted by atomic mass is 79.9. The summed E-state index contributed by atoms with van der Waals surface area (Å²) in [6, 6.07) is 5.55. The van der Waals surface area contributed by atoms with Gasteiger partial charge >= 0.3 is 0 Å². The standard InChI is InChI=1S/C13H14BrFN2S/c1-8(2)12(11-4-3-5-18-11)17-13-10(15)6-9(14)7-16-13/h3-8,12H,1-2H3,(H,16,17). The second-order valence-electron chi connectivity index (χ2n) is 4.37. The number of aromatic nitrogens is 1. The average molecular weight is 329 g/mol. The van der Waals surface area contributed by atoms with Gasteiger partial charge in [-0.3, -0.25) is 0 Å². The minimum Gasteiger partial charge on any atom is -0.360 e. The van der Waals surface area contributed by atoms with Gasteiger partial charge in [-0.25, -0.2) is 9.37 Å². The highest BCUT2D eigenvalue weighted by molar-refractivity contribution is 9.10. The highest BCUT2D eigenvalue weighted by Gasteiger charge is 2.18. The zero-order chi connectivity index (χ0) is 13.1. The molecule has 0 radical (unpaired) electrons. The number of pyridine rings is 1. The van der Waals surface area contributed by atoms with Crippen LogP contribution in [-0.4, -0.2) is 4.98 Å². The minimum absolute atomic E-state index is 0.0770. The van der Waals surface area contributed by atoms with Crippen LogP contribution in [0.25, 0.3) is 0 Å². The maximum Gasteiger partial charge on any atom is 0.166 e. The summed E-state index contributed by atoms with van der Waals surface area (Å²) in [6.45, 7) is 4.21. The monoisotopic (exact) mass is 328 g/mol. The molecule has 0 aliphatic carbocycles. The second kappa shape index (κ2) is 5.80. The van der Waals surface area contributed by atoms with Gasteiger partial charge in [-0.15, -0.1) is 11.3 Å². The number of rotatable bonds is 4. The van der Waals surface area contributed by atoms with E-state index in [1.165, 1.54) is 10.9 Å². The predicted octanol–water partition coefficient (Wildman–Crippen LogP) is 4.85. The summed E-state index contributed by atoms with van der Waals surface area (Å²) in [5.74, 6) is 0.311. The number of hydrogen-bond acceptors (Lipinski definition) is 3. The fraction of sp³-hybridized carbons (Fsp3) is 0.308. The molecule has 0 aliphatic heterocycles. The molecule has 0 spiro atoms. The van der Waals surface area contributed by atoms with Crippen molar-refractivity contribution in [3.63, 3.8) is 0 Å². The summed E-state index contributed by atoms with van der Waals surface area (Å²) in [5, 5.41) is 5.21. The third kappa shape index (κ3) is 3.09. The first-order valence-corrected chi connectivity index (χ1v) is 7.36. The van der Waals surface area contributed by atoms with Gasteiger partial charge in [-0.1, -0.05) is 19.9 Å². The minimum atomic E-state index is -0.341. The van der Waals surface area contributed by atoms with Gasteiger partial charge in [-0.2, -0.15) is 0 Å². The first-order chi connectivity index (χ1) is 8.58. The molecule has 1 unspecified atom stereocenters. The maximum absolute atomic E-state index is 13.8. The first kappa shape index (κ1) is 13.5. The van der Waals surface area contributed by atoms with Gasteiger partial charge in [0.1, 0.15) is 0 Å². The largest absolute Gasteiger partial charge is 0.360 e. The molecule has 1 N–H and O–H groups in total. The molecule has 18 heavy (non-hydrogen) atoms. The van der Waals surface area contributed by atoms with E-state index in [-0.39, 0.29) is 11.9 Å². The van der Waals surface area contributed by atoms with Crippen molar-refractivity contribution in [3.8, 4) is 0 Å². The first-order valence-electron chi connectivity index (χ1n) is 5.69. The summed E-state index contributed by atoms with van der Waals surface area (Å²) >= 11 is 4.87. The number of anilines is 1. The Hall–Kier alpha value is -0.940. The lowest BCUT2D eigenvalue weighted by Gasteiger charge is -2.22. The molecule has 0 amide bonds. The van der Waals surface area contributed by atoms with Gasteiger partial charge in [0.05, 0.1) is 6.04 Å². The number of nitrogens with one attached hydrogen (secondary N) is 1. The zero-order valence-corrected chi connectivity index (χ0v) is 12.6. The van der Waals surface area contributed by atoms with Crippen LogP contribution in [0.4, 0.5) is 10.2 Å². The van der Waals surface area contributed by atoms with Crippen molar-refractivity contribution in [2.75, 3.05) is 5.32 Å². The molecule has 0 bridgehead atoms. The van der Waals surface area contributed by atoms with Crippen LogP contribution < -0.4 is 5.32 Å². The summed E-state index contributed by atoms with van der Waals surface area (Å²) < 4.78 is 14.4. The van der Waals surface area contributed by atoms with Crippen LogP contribution in [-0.2, 0) is 0 Å². The number of halogens is 2. The van der Waals surface area contributed by atoms with Gasteiger partial charge < -0.3 is 5.32 Å². The van der Waals surface area contributed by atoms with E-state index in [1.807, 2.05) is 11.4 Å². The van der Waals surface area contributed by atoms with Crippen molar-refractivity contribution in [2.45, 2.75) is 19.9 Å². The smallest absolute Gasteiger partial charge is 0.166 e. The molecule has 2 nitrogen and oxygen atoms in total. The van der Waals surface area contributed by atoms with Crippen molar-refractivity contribution < 1.29 is 4.39 Å². The van der Waals surface area contributed by atoms with Crippen LogP contribution in [0, 0.1) is 11.7 Å². The molecule has 2 rings (SSSR count). The van der Waals surface area contributed by atoms with Crippen LogP contribution in [0.3, 0.4) is 0 Å². The molecule has 5 heteroatoms. The molecule has 0 aliphatic rings. The second-order valence-corrected chi connectivity index (χ2v) is 6.26. The Labute approximate surface area is 118 Å². The molecule has 2 aromatic rings. The lowest BCUT2D eigenvalue weighted by atomic mass is 10.0. The van der Waals surface area contributed by atoms with Gasteiger partial charge in [0.2, 0.25) is 0 Å². The van der Waals surface area contributed by atoms with E-state index in [1.54, 1.807) is 17.5 Å². The average Bonchev–Trinajstić information content (AvgIpc) is 2.80. The molecule has 0 aromatic carbocycles. The number of nitrogens with zero attached hydrogens (tertiary/aromatic N) is 1. The van der Waals surface area contributed by atoms with Crippen molar-refractivity contribution in [1.82, 2.24) is 4.98 Å². The Morgan fingerprint density at radius 2 is 2.22 bits per heavy atom. The highest BCUT2D eigenvalue weighted by Crippen LogP contribution is 2.30. The summed E-state index contributed by atoms with van der Waals surface area (Å²) in [4.78, 5) is 5.27. The lowest BCUT2D eigenvalue weighted by Crippen LogP contribution is -2.17. The number of thiophene rings is 1. The summed E-state index contributed by atoms with van der Waals surface area (Å²) in [5.41, 5.74) is 0. The van der Waals surface area contributed by atoms with Crippen LogP contribution in [0.2, 0.25) is 0 Å². The van der Waals surface area contributed by atoms with E-state index < -0.39 is 0 Å². The molecular weight excluding hydrogens is 315 g/mol. The molecule has 0 saturated heterocycles. The number of hydrogen-bond donors (Lipinski definition) is 1. The van der Waals surface area contributed by atoms with Crippen LogP contribution in [0.1, 0.15) is 24.8 Å². The maximum atomic E-state index is 13.8. The van der Waals surface area contributed by atoms with Crippen LogP contribution in [0.15, 0.2) is 34.2 Å². The fourth-order valence-corrected chi connectivity index (χ4v) is 2.96. The third-order valence-electron chi connectivity index (χ3n) is 2.62. The molecule has 96 valence electrons. The van der Waals surface area contributed by atoms with Crippen LogP contribution >= 0.6 is 27.3 Å². The topological polar surface area (TPSA) is 24.9 Å². The Bertz CT molecular complexity index is 514. The molecule has 0 fully saturated rings. The van der Waals surface area contributed by atoms with Crippen molar-refractivity contribution in [2.24, 2.45) is 5.92 Å². The zero-order valence-electron chi connectivity index (χ0n) is 10.2. The Kier molecular flexibility index (Phi) is 4.35. The Balaban J connectivity index is 2.24. The lowest BCUT2D eigenvalue weighted by molar-refractivity contribution is 0.543. The van der Waals surface area contributed by atoms with Gasteiger partial charge in [0.15, 0.2) is 11.6 Å². The molecule has 2 heterocycles. The molecule has 1 atom stereocenters. The SMILES string of the molecule is CC(C)C(Nc1ncc(Br)cc1F)c1cccs1.